The molecule has 1 aromatic carbocycles. The largest absolute Gasteiger partial charge is 0.416 e. The van der Waals surface area contributed by atoms with E-state index in [4.69, 9.17) is 0 Å². The summed E-state index contributed by atoms with van der Waals surface area (Å²) in [7, 11) is 0. The minimum atomic E-state index is -4.49. The number of carbonyl (C=O) groups excluding carboxylic acids is 1. The third-order valence-corrected chi connectivity index (χ3v) is 2.87. The lowest BCUT2D eigenvalue weighted by Gasteiger charge is -2.14. The average molecular weight is 326 g/mol. The zero-order valence-corrected chi connectivity index (χ0v) is 11.7. The van der Waals surface area contributed by atoms with E-state index in [0.717, 1.165) is 12.1 Å². The van der Waals surface area contributed by atoms with Crippen LogP contribution in [0.3, 0.4) is 0 Å². The first kappa shape index (κ1) is 16.7. The van der Waals surface area contributed by atoms with E-state index in [2.05, 4.69) is 20.8 Å². The fraction of sp³-hybridized carbons (Fsp3) is 0.214. The van der Waals surface area contributed by atoms with Crippen molar-refractivity contribution in [1.82, 2.24) is 15.5 Å². The Morgan fingerprint density at radius 2 is 2.04 bits per heavy atom. The van der Waals surface area contributed by atoms with Gasteiger partial charge in [-0.2, -0.15) is 18.3 Å². The van der Waals surface area contributed by atoms with E-state index >= 15 is 0 Å². The molecule has 0 aliphatic rings. The van der Waals surface area contributed by atoms with Crippen LogP contribution in [0.1, 0.15) is 17.2 Å². The van der Waals surface area contributed by atoms with Gasteiger partial charge in [0.25, 0.3) is 0 Å². The number of rotatable bonds is 4. The fourth-order valence-corrected chi connectivity index (χ4v) is 1.76. The Morgan fingerprint density at radius 1 is 1.26 bits per heavy atom. The Labute approximate surface area is 129 Å². The van der Waals surface area contributed by atoms with Crippen LogP contribution in [-0.2, 0) is 6.18 Å². The van der Waals surface area contributed by atoms with Gasteiger partial charge in [0, 0.05) is 12.7 Å². The summed E-state index contributed by atoms with van der Waals surface area (Å²) in [5.41, 5.74) is -0.808. The second-order valence-electron chi connectivity index (χ2n) is 4.58. The first-order valence-electron chi connectivity index (χ1n) is 6.54. The van der Waals surface area contributed by atoms with Crippen LogP contribution in [0, 0.1) is 0 Å². The quantitative estimate of drug-likeness (QED) is 0.805. The molecule has 0 aliphatic heterocycles. The Balaban J connectivity index is 1.92. The smallest absolute Gasteiger partial charge is 0.387 e. The Hall–Kier alpha value is -2.68. The van der Waals surface area contributed by atoms with Gasteiger partial charge >= 0.3 is 12.2 Å². The number of amides is 2. The molecule has 0 fully saturated rings. The highest BCUT2D eigenvalue weighted by molar-refractivity contribution is 5.88. The van der Waals surface area contributed by atoms with Crippen LogP contribution in [0.2, 0.25) is 0 Å². The van der Waals surface area contributed by atoms with E-state index in [-0.39, 0.29) is 17.9 Å². The monoisotopic (exact) mass is 326 g/mol. The highest BCUT2D eigenvalue weighted by atomic mass is 19.4. The van der Waals surface area contributed by atoms with Gasteiger partial charge < -0.3 is 10.4 Å². The normalized spacial score (nSPS) is 12.5. The first-order chi connectivity index (χ1) is 10.9. The number of anilines is 1. The SMILES string of the molecule is O=C(NCC(O)c1cccc(C(F)(F)F)c1)Nc1cccnn1. The number of nitrogens with one attached hydrogen (secondary N) is 2. The number of carbonyl (C=O) groups is 1. The van der Waals surface area contributed by atoms with Crippen molar-refractivity contribution in [2.24, 2.45) is 0 Å². The van der Waals surface area contributed by atoms with E-state index in [9.17, 15) is 23.1 Å². The number of halogens is 3. The molecule has 0 saturated carbocycles. The summed E-state index contributed by atoms with van der Waals surface area (Å²) in [4.78, 5) is 11.6. The molecule has 2 amide bonds. The third kappa shape index (κ3) is 4.92. The molecule has 0 radical (unpaired) electrons. The Morgan fingerprint density at radius 3 is 2.70 bits per heavy atom. The summed E-state index contributed by atoms with van der Waals surface area (Å²) in [6.45, 7) is -0.257. The Bertz CT molecular complexity index is 665. The summed E-state index contributed by atoms with van der Waals surface area (Å²) >= 11 is 0. The van der Waals surface area contributed by atoms with Crippen molar-refractivity contribution in [1.29, 1.82) is 0 Å². The molecule has 0 bridgehead atoms. The van der Waals surface area contributed by atoms with Crippen molar-refractivity contribution in [3.63, 3.8) is 0 Å². The molecule has 2 aromatic rings. The molecule has 2 rings (SSSR count). The topological polar surface area (TPSA) is 87.1 Å². The molecule has 122 valence electrons. The molecule has 23 heavy (non-hydrogen) atoms. The maximum absolute atomic E-state index is 12.6. The van der Waals surface area contributed by atoms with Crippen LogP contribution in [0.4, 0.5) is 23.8 Å². The van der Waals surface area contributed by atoms with E-state index in [1.807, 2.05) is 0 Å². The van der Waals surface area contributed by atoms with Crippen LogP contribution < -0.4 is 10.6 Å². The molecule has 3 N–H and O–H groups in total. The summed E-state index contributed by atoms with van der Waals surface area (Å²) < 4.78 is 37.8. The number of nitrogens with zero attached hydrogens (tertiary/aromatic N) is 2. The number of urea groups is 1. The van der Waals surface area contributed by atoms with E-state index in [0.29, 0.717) is 0 Å². The fourth-order valence-electron chi connectivity index (χ4n) is 1.76. The van der Waals surface area contributed by atoms with Crippen LogP contribution in [-0.4, -0.2) is 27.9 Å². The number of aliphatic hydroxyl groups excluding tert-OH is 1. The second-order valence-corrected chi connectivity index (χ2v) is 4.58. The minimum absolute atomic E-state index is 0.0552. The number of benzene rings is 1. The number of hydrogen-bond donors (Lipinski definition) is 3. The van der Waals surface area contributed by atoms with E-state index < -0.39 is 23.9 Å². The molecular weight excluding hydrogens is 313 g/mol. The average Bonchev–Trinajstić information content (AvgIpc) is 2.53. The highest BCUT2D eigenvalue weighted by Crippen LogP contribution is 2.30. The minimum Gasteiger partial charge on any atom is -0.387 e. The molecule has 1 aromatic heterocycles. The molecule has 6 nitrogen and oxygen atoms in total. The molecule has 0 aliphatic carbocycles. The van der Waals surface area contributed by atoms with Gasteiger partial charge in [-0.3, -0.25) is 5.32 Å². The van der Waals surface area contributed by atoms with Gasteiger partial charge in [0.05, 0.1) is 11.7 Å². The molecule has 0 spiro atoms. The van der Waals surface area contributed by atoms with Gasteiger partial charge in [-0.1, -0.05) is 12.1 Å². The van der Waals surface area contributed by atoms with Crippen LogP contribution in [0.5, 0.6) is 0 Å². The number of alkyl halides is 3. The van der Waals surface area contributed by atoms with E-state index in [1.165, 1.54) is 24.4 Å². The zero-order chi connectivity index (χ0) is 16.9. The lowest BCUT2D eigenvalue weighted by Crippen LogP contribution is -2.32. The second kappa shape index (κ2) is 7.05. The zero-order valence-electron chi connectivity index (χ0n) is 11.7. The molecule has 1 atom stereocenters. The molecular formula is C14H13F3N4O2. The van der Waals surface area contributed by atoms with Crippen molar-refractivity contribution in [3.05, 3.63) is 53.7 Å². The van der Waals surface area contributed by atoms with Gasteiger partial charge in [0.1, 0.15) is 0 Å². The predicted molar refractivity (Wildman–Crippen MR) is 75.5 cm³/mol. The first-order valence-corrected chi connectivity index (χ1v) is 6.54. The maximum Gasteiger partial charge on any atom is 0.416 e. The van der Waals surface area contributed by atoms with Gasteiger partial charge in [-0.15, -0.1) is 5.10 Å². The lowest BCUT2D eigenvalue weighted by atomic mass is 10.1. The van der Waals surface area contributed by atoms with Gasteiger partial charge in [-0.25, -0.2) is 4.79 Å². The van der Waals surface area contributed by atoms with Crippen molar-refractivity contribution in [3.8, 4) is 0 Å². The summed E-state index contributed by atoms with van der Waals surface area (Å²) in [5.74, 6) is 0.207. The van der Waals surface area contributed by atoms with Crippen LogP contribution in [0.15, 0.2) is 42.6 Å². The molecule has 0 saturated heterocycles. The standard InChI is InChI=1S/C14H13F3N4O2/c15-14(16,17)10-4-1-3-9(7-10)11(22)8-18-13(23)20-12-5-2-6-19-21-12/h1-7,11,22H,8H2,(H2,18,20,21,23). The number of aromatic nitrogens is 2. The Kier molecular flexibility index (Phi) is 5.12. The van der Waals surface area contributed by atoms with Crippen molar-refractivity contribution in [2.45, 2.75) is 12.3 Å². The van der Waals surface area contributed by atoms with E-state index in [1.54, 1.807) is 6.07 Å². The molecule has 9 heteroatoms. The lowest BCUT2D eigenvalue weighted by molar-refractivity contribution is -0.137. The number of hydrogen-bond acceptors (Lipinski definition) is 4. The van der Waals surface area contributed by atoms with Gasteiger partial charge in [-0.05, 0) is 29.8 Å². The van der Waals surface area contributed by atoms with Gasteiger partial charge in [0.2, 0.25) is 0 Å². The van der Waals surface area contributed by atoms with Crippen molar-refractivity contribution < 1.29 is 23.1 Å². The number of aliphatic hydroxyl groups is 1. The highest BCUT2D eigenvalue weighted by Gasteiger charge is 2.30. The van der Waals surface area contributed by atoms with Gasteiger partial charge in [0.15, 0.2) is 5.82 Å². The molecule has 1 unspecified atom stereocenters. The van der Waals surface area contributed by atoms with Crippen LogP contribution in [0.25, 0.3) is 0 Å². The summed E-state index contributed by atoms with van der Waals surface area (Å²) in [6, 6.07) is 6.72. The van der Waals surface area contributed by atoms with Crippen LogP contribution >= 0.6 is 0 Å². The molecule has 1 heterocycles. The maximum atomic E-state index is 12.6. The predicted octanol–water partition coefficient (Wildman–Crippen LogP) is 2.35. The summed E-state index contributed by atoms with van der Waals surface area (Å²) in [5, 5.41) is 21.8. The summed E-state index contributed by atoms with van der Waals surface area (Å²) in [6.07, 6.45) is -4.34. The third-order valence-electron chi connectivity index (χ3n) is 2.87. The van der Waals surface area contributed by atoms with Crippen molar-refractivity contribution in [2.75, 3.05) is 11.9 Å². The van der Waals surface area contributed by atoms with Crippen molar-refractivity contribution >= 4 is 11.8 Å².